The first-order valence-corrected chi connectivity index (χ1v) is 5.47. The third-order valence-corrected chi connectivity index (χ3v) is 2.73. The van der Waals surface area contributed by atoms with E-state index in [-0.39, 0.29) is 0 Å². The molecule has 0 saturated heterocycles. The molecular formula is C12H13N5. The molecule has 5 heteroatoms. The SMILES string of the molecule is Cc1cnn(-c2nc3ccccn3c2CN)c1. The Kier molecular flexibility index (Phi) is 2.19. The Morgan fingerprint density at radius 3 is 2.94 bits per heavy atom. The van der Waals surface area contributed by atoms with Crippen LogP contribution in [0.5, 0.6) is 0 Å². The van der Waals surface area contributed by atoms with Crippen molar-refractivity contribution < 1.29 is 0 Å². The lowest BCUT2D eigenvalue weighted by Crippen LogP contribution is -2.06. The number of rotatable bonds is 2. The van der Waals surface area contributed by atoms with Gasteiger partial charge in [-0.15, -0.1) is 0 Å². The van der Waals surface area contributed by atoms with Gasteiger partial charge in [0.25, 0.3) is 0 Å². The molecule has 17 heavy (non-hydrogen) atoms. The first-order chi connectivity index (χ1) is 8.29. The topological polar surface area (TPSA) is 61.1 Å². The molecule has 0 aromatic carbocycles. The minimum absolute atomic E-state index is 0.430. The van der Waals surface area contributed by atoms with Crippen LogP contribution < -0.4 is 5.73 Å². The first kappa shape index (κ1) is 10.0. The second-order valence-electron chi connectivity index (χ2n) is 3.98. The summed E-state index contributed by atoms with van der Waals surface area (Å²) in [5.74, 6) is 0.798. The Balaban J connectivity index is 2.29. The molecule has 0 spiro atoms. The first-order valence-electron chi connectivity index (χ1n) is 5.47. The molecule has 5 nitrogen and oxygen atoms in total. The Hall–Kier alpha value is -2.14. The van der Waals surface area contributed by atoms with Crippen molar-refractivity contribution in [1.82, 2.24) is 19.2 Å². The molecule has 3 aromatic rings. The van der Waals surface area contributed by atoms with Gasteiger partial charge in [0.15, 0.2) is 5.82 Å². The number of fused-ring (bicyclic) bond motifs is 1. The molecule has 0 radical (unpaired) electrons. The molecular weight excluding hydrogens is 214 g/mol. The number of hydrogen-bond acceptors (Lipinski definition) is 3. The number of aryl methyl sites for hydroxylation is 1. The standard InChI is InChI=1S/C12H13N5/c1-9-7-14-17(8-9)12-10(6-13)16-5-3-2-4-11(16)15-12/h2-5,7-8H,6,13H2,1H3. The van der Waals surface area contributed by atoms with E-state index >= 15 is 0 Å². The Labute approximate surface area is 98.5 Å². The highest BCUT2D eigenvalue weighted by molar-refractivity contribution is 5.48. The predicted molar refractivity (Wildman–Crippen MR) is 64.9 cm³/mol. The van der Waals surface area contributed by atoms with Gasteiger partial charge in [-0.25, -0.2) is 9.67 Å². The zero-order valence-corrected chi connectivity index (χ0v) is 9.54. The number of imidazole rings is 1. The fourth-order valence-electron chi connectivity index (χ4n) is 1.94. The summed E-state index contributed by atoms with van der Waals surface area (Å²) < 4.78 is 3.76. The molecule has 0 bridgehead atoms. The van der Waals surface area contributed by atoms with Crippen LogP contribution in [-0.4, -0.2) is 19.2 Å². The van der Waals surface area contributed by atoms with Gasteiger partial charge >= 0.3 is 0 Å². The summed E-state index contributed by atoms with van der Waals surface area (Å²) in [5.41, 5.74) is 8.75. The van der Waals surface area contributed by atoms with Gasteiger partial charge in [-0.2, -0.15) is 5.10 Å². The number of aromatic nitrogens is 4. The molecule has 0 unspecified atom stereocenters. The van der Waals surface area contributed by atoms with Crippen LogP contribution in [0.2, 0.25) is 0 Å². The van der Waals surface area contributed by atoms with Crippen LogP contribution in [0.3, 0.4) is 0 Å². The molecule has 3 rings (SSSR count). The quantitative estimate of drug-likeness (QED) is 0.717. The molecule has 2 N–H and O–H groups in total. The summed E-state index contributed by atoms with van der Waals surface area (Å²) in [4.78, 5) is 4.55. The van der Waals surface area contributed by atoms with Crippen molar-refractivity contribution in [3.63, 3.8) is 0 Å². The maximum atomic E-state index is 5.80. The lowest BCUT2D eigenvalue weighted by molar-refractivity contribution is 0.825. The summed E-state index contributed by atoms with van der Waals surface area (Å²) in [6.07, 6.45) is 5.72. The lowest BCUT2D eigenvalue weighted by Gasteiger charge is -2.01. The van der Waals surface area contributed by atoms with Crippen molar-refractivity contribution in [3.05, 3.63) is 48.0 Å². The average molecular weight is 227 g/mol. The van der Waals surface area contributed by atoms with Gasteiger partial charge in [0, 0.05) is 18.9 Å². The second-order valence-corrected chi connectivity index (χ2v) is 3.98. The van der Waals surface area contributed by atoms with Gasteiger partial charge in [-0.1, -0.05) is 6.07 Å². The van der Waals surface area contributed by atoms with Crippen LogP contribution in [0.25, 0.3) is 11.5 Å². The van der Waals surface area contributed by atoms with E-state index in [2.05, 4.69) is 10.1 Å². The summed E-state index contributed by atoms with van der Waals surface area (Å²) in [7, 11) is 0. The lowest BCUT2D eigenvalue weighted by atomic mass is 10.4. The Bertz CT molecular complexity index is 664. The highest BCUT2D eigenvalue weighted by atomic mass is 15.3. The zero-order valence-electron chi connectivity index (χ0n) is 9.54. The third-order valence-electron chi connectivity index (χ3n) is 2.73. The minimum Gasteiger partial charge on any atom is -0.325 e. The van der Waals surface area contributed by atoms with Gasteiger partial charge in [0.05, 0.1) is 11.9 Å². The normalized spacial score (nSPS) is 11.2. The maximum absolute atomic E-state index is 5.80. The van der Waals surface area contributed by atoms with E-state index in [1.54, 1.807) is 4.68 Å². The summed E-state index contributed by atoms with van der Waals surface area (Å²) in [6, 6.07) is 5.88. The van der Waals surface area contributed by atoms with Crippen molar-refractivity contribution in [2.75, 3.05) is 0 Å². The van der Waals surface area contributed by atoms with Crippen LogP contribution >= 0.6 is 0 Å². The second kappa shape index (κ2) is 3.71. The number of pyridine rings is 1. The van der Waals surface area contributed by atoms with Crippen molar-refractivity contribution in [2.45, 2.75) is 13.5 Å². The summed E-state index contributed by atoms with van der Waals surface area (Å²) >= 11 is 0. The molecule has 0 aliphatic carbocycles. The number of hydrogen-bond donors (Lipinski definition) is 1. The third kappa shape index (κ3) is 1.52. The van der Waals surface area contributed by atoms with Crippen LogP contribution in [0.15, 0.2) is 36.8 Å². The average Bonchev–Trinajstić information content (AvgIpc) is 2.91. The fourth-order valence-corrected chi connectivity index (χ4v) is 1.94. The van der Waals surface area contributed by atoms with Crippen LogP contribution in [0.4, 0.5) is 0 Å². The molecule has 0 saturated carbocycles. The summed E-state index contributed by atoms with van der Waals surface area (Å²) in [5, 5.41) is 4.28. The van der Waals surface area contributed by atoms with E-state index in [0.29, 0.717) is 6.54 Å². The molecule has 0 aliphatic rings. The van der Waals surface area contributed by atoms with Crippen molar-refractivity contribution >= 4 is 5.65 Å². The number of nitrogens with zero attached hydrogens (tertiary/aromatic N) is 4. The van der Waals surface area contributed by atoms with E-state index in [1.165, 1.54) is 0 Å². The van der Waals surface area contributed by atoms with Gasteiger partial charge in [0.2, 0.25) is 0 Å². The maximum Gasteiger partial charge on any atom is 0.176 e. The van der Waals surface area contributed by atoms with Crippen molar-refractivity contribution in [1.29, 1.82) is 0 Å². The fraction of sp³-hybridized carbons (Fsp3) is 0.167. The van der Waals surface area contributed by atoms with Gasteiger partial charge in [-0.05, 0) is 24.6 Å². The van der Waals surface area contributed by atoms with E-state index in [4.69, 9.17) is 5.73 Å². The van der Waals surface area contributed by atoms with Gasteiger partial charge in [0.1, 0.15) is 5.65 Å². The van der Waals surface area contributed by atoms with E-state index in [9.17, 15) is 0 Å². The monoisotopic (exact) mass is 227 g/mol. The number of nitrogens with two attached hydrogens (primary N) is 1. The van der Waals surface area contributed by atoms with E-state index in [1.807, 2.05) is 48.1 Å². The molecule has 86 valence electrons. The van der Waals surface area contributed by atoms with Crippen LogP contribution in [0.1, 0.15) is 11.3 Å². The molecule has 3 heterocycles. The highest BCUT2D eigenvalue weighted by Crippen LogP contribution is 2.16. The molecule has 0 amide bonds. The largest absolute Gasteiger partial charge is 0.325 e. The highest BCUT2D eigenvalue weighted by Gasteiger charge is 2.12. The Morgan fingerprint density at radius 1 is 1.35 bits per heavy atom. The van der Waals surface area contributed by atoms with Crippen LogP contribution in [0, 0.1) is 6.92 Å². The minimum atomic E-state index is 0.430. The van der Waals surface area contributed by atoms with E-state index in [0.717, 1.165) is 22.7 Å². The zero-order chi connectivity index (χ0) is 11.8. The van der Waals surface area contributed by atoms with Crippen LogP contribution in [-0.2, 0) is 6.54 Å². The summed E-state index contributed by atoms with van der Waals surface area (Å²) in [6.45, 7) is 2.43. The molecule has 0 atom stereocenters. The van der Waals surface area contributed by atoms with Gasteiger partial charge < -0.3 is 10.1 Å². The molecule has 0 fully saturated rings. The Morgan fingerprint density at radius 2 is 2.24 bits per heavy atom. The van der Waals surface area contributed by atoms with Gasteiger partial charge in [-0.3, -0.25) is 0 Å². The van der Waals surface area contributed by atoms with Crippen molar-refractivity contribution in [3.8, 4) is 5.82 Å². The predicted octanol–water partition coefficient (Wildman–Crippen LogP) is 1.29. The smallest absolute Gasteiger partial charge is 0.176 e. The van der Waals surface area contributed by atoms with E-state index < -0.39 is 0 Å². The molecule has 3 aromatic heterocycles. The molecule has 0 aliphatic heterocycles. The van der Waals surface area contributed by atoms with Crippen molar-refractivity contribution in [2.24, 2.45) is 5.73 Å².